The highest BCUT2D eigenvalue weighted by Gasteiger charge is 2.22. The number of esters is 1. The molecule has 0 N–H and O–H groups in total. The van der Waals surface area contributed by atoms with Crippen LogP contribution < -0.4 is 9.47 Å². The van der Waals surface area contributed by atoms with Crippen LogP contribution in [0.15, 0.2) is 60.7 Å². The molecule has 1 heterocycles. The second kappa shape index (κ2) is 8.87. The van der Waals surface area contributed by atoms with E-state index in [-0.39, 0.29) is 11.9 Å². The molecule has 5 nitrogen and oxygen atoms in total. The number of aryl methyl sites for hydroxylation is 1. The van der Waals surface area contributed by atoms with Gasteiger partial charge in [0, 0.05) is 24.8 Å². The van der Waals surface area contributed by atoms with Crippen LogP contribution in [0, 0.1) is 6.92 Å². The maximum Gasteiger partial charge on any atom is 0.308 e. The van der Waals surface area contributed by atoms with E-state index in [1.807, 2.05) is 50.3 Å². The number of carbonyl (C=O) groups is 1. The molecule has 5 heteroatoms. The molecular weight excluding hydrogens is 400 g/mol. The van der Waals surface area contributed by atoms with E-state index in [4.69, 9.17) is 14.5 Å². The topological polar surface area (TPSA) is 53.3 Å². The number of imidazole rings is 1. The third-order valence-corrected chi connectivity index (χ3v) is 5.68. The minimum absolute atomic E-state index is 0.0932. The summed E-state index contributed by atoms with van der Waals surface area (Å²) in [5.41, 5.74) is 3.87. The van der Waals surface area contributed by atoms with Crippen LogP contribution in [0.1, 0.15) is 43.6 Å². The van der Waals surface area contributed by atoms with Gasteiger partial charge in [0.2, 0.25) is 0 Å². The molecule has 1 atom stereocenters. The van der Waals surface area contributed by atoms with Crippen molar-refractivity contribution in [3.8, 4) is 11.5 Å². The molecule has 0 saturated carbocycles. The summed E-state index contributed by atoms with van der Waals surface area (Å²) in [5, 5.41) is 2.03. The van der Waals surface area contributed by atoms with Crippen LogP contribution in [-0.4, -0.2) is 22.6 Å². The van der Waals surface area contributed by atoms with E-state index >= 15 is 0 Å². The molecule has 3 aromatic carbocycles. The Morgan fingerprint density at radius 1 is 1.16 bits per heavy atom. The summed E-state index contributed by atoms with van der Waals surface area (Å²) < 4.78 is 13.3. The summed E-state index contributed by atoms with van der Waals surface area (Å²) in [7, 11) is 1.68. The Kier molecular flexibility index (Phi) is 5.99. The minimum Gasteiger partial charge on any atom is -0.496 e. The zero-order chi connectivity index (χ0) is 22.8. The van der Waals surface area contributed by atoms with E-state index in [0.717, 1.165) is 44.5 Å². The Bertz CT molecular complexity index is 1330. The van der Waals surface area contributed by atoms with Crippen molar-refractivity contribution in [2.24, 2.45) is 0 Å². The van der Waals surface area contributed by atoms with Crippen molar-refractivity contribution in [3.05, 3.63) is 77.6 Å². The van der Waals surface area contributed by atoms with Crippen molar-refractivity contribution in [2.45, 2.75) is 40.2 Å². The van der Waals surface area contributed by atoms with Crippen LogP contribution in [0.3, 0.4) is 0 Å². The molecule has 1 unspecified atom stereocenters. The van der Waals surface area contributed by atoms with Crippen molar-refractivity contribution in [2.75, 3.05) is 7.11 Å². The summed E-state index contributed by atoms with van der Waals surface area (Å²) in [6, 6.07) is 16.2. The summed E-state index contributed by atoms with van der Waals surface area (Å²) >= 11 is 0. The summed E-state index contributed by atoms with van der Waals surface area (Å²) in [5.74, 6) is 2.06. The standard InChI is InChI=1S/C27H28N2O3/c1-6-9-17(2)27-28-25-22-11-8-7-10-21(22)15-24(32-19(4)30)26(25)29(27)16-20-12-13-23(31-5)18(3)14-20/h6-15,17H,16H2,1-5H3. The Morgan fingerprint density at radius 3 is 2.62 bits per heavy atom. The van der Waals surface area contributed by atoms with Gasteiger partial charge in [-0.05, 0) is 42.5 Å². The van der Waals surface area contributed by atoms with E-state index in [1.165, 1.54) is 6.92 Å². The van der Waals surface area contributed by atoms with Crippen molar-refractivity contribution >= 4 is 27.8 Å². The largest absolute Gasteiger partial charge is 0.496 e. The van der Waals surface area contributed by atoms with Gasteiger partial charge in [-0.15, -0.1) is 0 Å². The van der Waals surface area contributed by atoms with Crippen LogP contribution in [0.2, 0.25) is 0 Å². The molecule has 164 valence electrons. The molecule has 32 heavy (non-hydrogen) atoms. The van der Waals surface area contributed by atoms with Crippen LogP contribution >= 0.6 is 0 Å². The molecule has 0 bridgehead atoms. The monoisotopic (exact) mass is 428 g/mol. The first-order valence-electron chi connectivity index (χ1n) is 10.8. The van der Waals surface area contributed by atoms with Crippen molar-refractivity contribution in [1.82, 2.24) is 9.55 Å². The van der Waals surface area contributed by atoms with Crippen LogP contribution in [0.25, 0.3) is 21.8 Å². The van der Waals surface area contributed by atoms with Crippen LogP contribution in [0.4, 0.5) is 0 Å². The maximum absolute atomic E-state index is 11.9. The molecule has 0 fully saturated rings. The van der Waals surface area contributed by atoms with Crippen LogP contribution in [0.5, 0.6) is 11.5 Å². The summed E-state index contributed by atoms with van der Waals surface area (Å²) in [4.78, 5) is 17.0. The molecule has 4 rings (SSSR count). The zero-order valence-electron chi connectivity index (χ0n) is 19.2. The second-order valence-electron chi connectivity index (χ2n) is 8.06. The highest BCUT2D eigenvalue weighted by Crippen LogP contribution is 2.36. The van der Waals surface area contributed by atoms with E-state index in [2.05, 4.69) is 35.8 Å². The first kappa shape index (κ1) is 21.6. The average molecular weight is 429 g/mol. The van der Waals surface area contributed by atoms with Gasteiger partial charge in [0.05, 0.1) is 7.11 Å². The molecule has 1 aromatic heterocycles. The summed E-state index contributed by atoms with van der Waals surface area (Å²) in [6.45, 7) is 8.21. The molecule has 4 aromatic rings. The predicted octanol–water partition coefficient (Wildman–Crippen LogP) is 6.16. The lowest BCUT2D eigenvalue weighted by Gasteiger charge is -2.15. The predicted molar refractivity (Wildman–Crippen MR) is 129 cm³/mol. The van der Waals surface area contributed by atoms with Gasteiger partial charge < -0.3 is 14.0 Å². The van der Waals surface area contributed by atoms with E-state index in [0.29, 0.717) is 12.3 Å². The van der Waals surface area contributed by atoms with Crippen molar-refractivity contribution in [3.63, 3.8) is 0 Å². The van der Waals surface area contributed by atoms with Crippen molar-refractivity contribution < 1.29 is 14.3 Å². The van der Waals surface area contributed by atoms with Gasteiger partial charge in [-0.2, -0.15) is 0 Å². The number of carbonyl (C=O) groups excluding carboxylic acids is 1. The highest BCUT2D eigenvalue weighted by atomic mass is 16.5. The SMILES string of the molecule is CC=CC(C)c1nc2c3ccccc3cc(OC(C)=O)c2n1Cc1ccc(OC)c(C)c1. The number of rotatable bonds is 6. The molecule has 0 saturated heterocycles. The van der Waals surface area contributed by atoms with Crippen LogP contribution in [-0.2, 0) is 11.3 Å². The fraction of sp³-hybridized carbons (Fsp3) is 0.259. The average Bonchev–Trinajstić information content (AvgIpc) is 3.14. The Balaban J connectivity index is 2.01. The van der Waals surface area contributed by atoms with Gasteiger partial charge in [-0.1, -0.05) is 55.5 Å². The molecule has 0 aliphatic rings. The number of allylic oxidation sites excluding steroid dienone is 2. The number of benzene rings is 3. The lowest BCUT2D eigenvalue weighted by molar-refractivity contribution is -0.131. The lowest BCUT2D eigenvalue weighted by atomic mass is 10.1. The lowest BCUT2D eigenvalue weighted by Crippen LogP contribution is -2.09. The zero-order valence-corrected chi connectivity index (χ0v) is 19.2. The quantitative estimate of drug-likeness (QED) is 0.210. The normalized spacial score (nSPS) is 12.5. The fourth-order valence-electron chi connectivity index (χ4n) is 4.29. The maximum atomic E-state index is 11.9. The number of hydrogen-bond donors (Lipinski definition) is 0. The van der Waals surface area contributed by atoms with Crippen molar-refractivity contribution in [1.29, 1.82) is 0 Å². The third kappa shape index (κ3) is 3.98. The smallest absolute Gasteiger partial charge is 0.308 e. The van der Waals surface area contributed by atoms with E-state index < -0.39 is 0 Å². The van der Waals surface area contributed by atoms with Gasteiger partial charge in [-0.3, -0.25) is 4.79 Å². The first-order valence-corrected chi connectivity index (χ1v) is 10.8. The molecule has 0 spiro atoms. The minimum atomic E-state index is -0.349. The molecule has 0 aliphatic heterocycles. The van der Waals surface area contributed by atoms with Gasteiger partial charge in [0.1, 0.15) is 22.6 Å². The van der Waals surface area contributed by atoms with Gasteiger partial charge in [0.15, 0.2) is 5.75 Å². The highest BCUT2D eigenvalue weighted by molar-refractivity contribution is 6.08. The van der Waals surface area contributed by atoms with Gasteiger partial charge in [-0.25, -0.2) is 4.98 Å². The Hall–Kier alpha value is -3.60. The molecule has 0 amide bonds. The van der Waals surface area contributed by atoms with Gasteiger partial charge >= 0.3 is 5.97 Å². The number of fused-ring (bicyclic) bond motifs is 3. The Labute approximate surface area is 188 Å². The van der Waals surface area contributed by atoms with E-state index in [1.54, 1.807) is 7.11 Å². The molecular formula is C27H28N2O3. The fourth-order valence-corrected chi connectivity index (χ4v) is 4.29. The number of ether oxygens (including phenoxy) is 2. The van der Waals surface area contributed by atoms with E-state index in [9.17, 15) is 4.79 Å². The number of hydrogen-bond acceptors (Lipinski definition) is 4. The first-order chi connectivity index (χ1) is 15.4. The molecule has 0 radical (unpaired) electrons. The molecule has 0 aliphatic carbocycles. The Morgan fingerprint density at radius 2 is 1.94 bits per heavy atom. The number of methoxy groups -OCH3 is 1. The third-order valence-electron chi connectivity index (χ3n) is 5.68. The van der Waals surface area contributed by atoms with Gasteiger partial charge in [0.25, 0.3) is 0 Å². The summed E-state index contributed by atoms with van der Waals surface area (Å²) in [6.07, 6.45) is 4.17. The number of aromatic nitrogens is 2. The second-order valence-corrected chi connectivity index (χ2v) is 8.06. The number of nitrogens with zero attached hydrogens (tertiary/aromatic N) is 2.